The number of carbonyl (C=O) groups is 2. The molecule has 0 spiro atoms. The maximum Gasteiger partial charge on any atom is 0.295 e. The van der Waals surface area contributed by atoms with Gasteiger partial charge in [-0.3, -0.25) is 9.59 Å². The second-order valence-electron chi connectivity index (χ2n) is 7.44. The van der Waals surface area contributed by atoms with Crippen LogP contribution in [-0.4, -0.2) is 55.2 Å². The minimum absolute atomic E-state index is 0.0574. The quantitative estimate of drug-likeness (QED) is 0.437. The minimum Gasteiger partial charge on any atom is -0.507 e. The highest BCUT2D eigenvalue weighted by atomic mass is 16.6. The van der Waals surface area contributed by atoms with Crippen molar-refractivity contribution in [1.29, 1.82) is 0 Å². The first-order chi connectivity index (χ1) is 15.0. The van der Waals surface area contributed by atoms with Crippen LogP contribution in [0.5, 0.6) is 11.5 Å². The number of aliphatic hydroxyl groups excluding tert-OH is 1. The lowest BCUT2D eigenvalue weighted by molar-refractivity contribution is -0.140. The number of Topliss-reactive ketones (excluding diaryl/α,β-unsaturated/α-hetero) is 1. The Morgan fingerprint density at radius 3 is 2.48 bits per heavy atom. The fourth-order valence-corrected chi connectivity index (χ4v) is 3.93. The molecule has 2 heterocycles. The number of fused-ring (bicyclic) bond motifs is 1. The van der Waals surface area contributed by atoms with Gasteiger partial charge in [-0.05, 0) is 29.7 Å². The van der Waals surface area contributed by atoms with Gasteiger partial charge in [0, 0.05) is 19.2 Å². The smallest absolute Gasteiger partial charge is 0.295 e. The Kier molecular flexibility index (Phi) is 5.95. The predicted octanol–water partition coefficient (Wildman–Crippen LogP) is 3.09. The van der Waals surface area contributed by atoms with Crippen LogP contribution in [-0.2, 0) is 20.7 Å². The summed E-state index contributed by atoms with van der Waals surface area (Å²) in [4.78, 5) is 27.3. The van der Waals surface area contributed by atoms with Crippen LogP contribution in [0.15, 0.2) is 48.0 Å². The van der Waals surface area contributed by atoms with Crippen molar-refractivity contribution in [2.45, 2.75) is 19.4 Å². The van der Waals surface area contributed by atoms with Gasteiger partial charge in [0.05, 0.1) is 18.2 Å². The molecule has 2 aromatic carbocycles. The van der Waals surface area contributed by atoms with Crippen LogP contribution in [0, 0.1) is 0 Å². The van der Waals surface area contributed by atoms with Gasteiger partial charge in [-0.1, -0.05) is 37.3 Å². The predicted molar refractivity (Wildman–Crippen MR) is 114 cm³/mol. The van der Waals surface area contributed by atoms with Crippen LogP contribution < -0.4 is 9.47 Å². The van der Waals surface area contributed by atoms with Crippen LogP contribution >= 0.6 is 0 Å². The number of hydrogen-bond acceptors (Lipinski definition) is 6. The lowest BCUT2D eigenvalue weighted by atomic mass is 9.94. The number of aryl methyl sites for hydroxylation is 1. The molecule has 0 bridgehead atoms. The average Bonchev–Trinajstić information content (AvgIpc) is 3.06. The van der Waals surface area contributed by atoms with E-state index in [1.807, 2.05) is 19.1 Å². The van der Waals surface area contributed by atoms with E-state index in [-0.39, 0.29) is 24.5 Å². The monoisotopic (exact) mass is 423 g/mol. The van der Waals surface area contributed by atoms with Crippen LogP contribution in [0.1, 0.15) is 29.7 Å². The first-order valence-electron chi connectivity index (χ1n) is 10.3. The van der Waals surface area contributed by atoms with E-state index in [0.717, 1.165) is 12.0 Å². The second-order valence-corrected chi connectivity index (χ2v) is 7.44. The Hall–Kier alpha value is -3.32. The summed E-state index contributed by atoms with van der Waals surface area (Å²) < 4.78 is 16.4. The summed E-state index contributed by atoms with van der Waals surface area (Å²) in [6, 6.07) is 11.9. The number of ether oxygens (including phenoxy) is 3. The molecule has 2 aromatic rings. The number of amides is 1. The summed E-state index contributed by atoms with van der Waals surface area (Å²) in [6.45, 7) is 3.40. The van der Waals surface area contributed by atoms with E-state index < -0.39 is 17.7 Å². The van der Waals surface area contributed by atoms with Gasteiger partial charge in [0.1, 0.15) is 19.0 Å². The zero-order chi connectivity index (χ0) is 22.0. The van der Waals surface area contributed by atoms with E-state index in [1.165, 1.54) is 12.0 Å². The fraction of sp³-hybridized carbons (Fsp3) is 0.333. The van der Waals surface area contributed by atoms with Gasteiger partial charge in [-0.2, -0.15) is 0 Å². The van der Waals surface area contributed by atoms with Gasteiger partial charge in [0.15, 0.2) is 11.5 Å². The third-order valence-corrected chi connectivity index (χ3v) is 5.59. The normalized spacial score (nSPS) is 19.7. The number of hydrogen-bond donors (Lipinski definition) is 1. The lowest BCUT2D eigenvalue weighted by Crippen LogP contribution is -2.32. The van der Waals surface area contributed by atoms with E-state index in [2.05, 4.69) is 0 Å². The number of methoxy groups -OCH3 is 1. The van der Waals surface area contributed by atoms with E-state index in [0.29, 0.717) is 35.8 Å². The number of nitrogens with zero attached hydrogens (tertiary/aromatic N) is 1. The number of carbonyl (C=O) groups excluding carboxylic acids is 2. The third-order valence-electron chi connectivity index (χ3n) is 5.59. The maximum atomic E-state index is 13.0. The fourth-order valence-electron chi connectivity index (χ4n) is 3.93. The van der Waals surface area contributed by atoms with Crippen molar-refractivity contribution in [1.82, 2.24) is 4.90 Å². The number of aliphatic hydroxyl groups is 1. The van der Waals surface area contributed by atoms with Crippen LogP contribution in [0.2, 0.25) is 0 Å². The summed E-state index contributed by atoms with van der Waals surface area (Å²) in [5.74, 6) is -0.412. The molecule has 2 aliphatic heterocycles. The first-order valence-corrected chi connectivity index (χ1v) is 10.3. The van der Waals surface area contributed by atoms with E-state index in [9.17, 15) is 14.7 Å². The Labute approximate surface area is 180 Å². The van der Waals surface area contributed by atoms with Crippen molar-refractivity contribution in [2.24, 2.45) is 0 Å². The van der Waals surface area contributed by atoms with Crippen LogP contribution in [0.4, 0.5) is 0 Å². The zero-order valence-electron chi connectivity index (χ0n) is 17.6. The minimum atomic E-state index is -0.753. The highest BCUT2D eigenvalue weighted by Gasteiger charge is 2.46. The van der Waals surface area contributed by atoms with Crippen molar-refractivity contribution in [2.75, 3.05) is 33.5 Å². The van der Waals surface area contributed by atoms with Gasteiger partial charge >= 0.3 is 0 Å². The summed E-state index contributed by atoms with van der Waals surface area (Å²) in [6.07, 6.45) is 0.861. The topological polar surface area (TPSA) is 85.3 Å². The SMILES string of the molecule is CCc1ccc(/C(O)=C2\C(=O)C(=O)N(CCOC)C2c2ccc3c(c2)OCCO3)cc1. The summed E-state index contributed by atoms with van der Waals surface area (Å²) in [5.41, 5.74) is 2.32. The first kappa shape index (κ1) is 20.9. The van der Waals surface area contributed by atoms with Crippen molar-refractivity contribution in [3.63, 3.8) is 0 Å². The molecule has 1 saturated heterocycles. The Morgan fingerprint density at radius 2 is 1.81 bits per heavy atom. The molecule has 1 amide bonds. The molecule has 2 aliphatic rings. The van der Waals surface area contributed by atoms with Gasteiger partial charge < -0.3 is 24.2 Å². The number of benzene rings is 2. The van der Waals surface area contributed by atoms with Gasteiger partial charge in [0.2, 0.25) is 0 Å². The molecule has 4 rings (SSSR count). The Morgan fingerprint density at radius 1 is 1.10 bits per heavy atom. The molecule has 0 aliphatic carbocycles. The second kappa shape index (κ2) is 8.81. The molecule has 1 fully saturated rings. The molecule has 162 valence electrons. The van der Waals surface area contributed by atoms with Crippen molar-refractivity contribution < 1.29 is 28.9 Å². The number of likely N-dealkylation sites (tertiary alicyclic amines) is 1. The molecule has 7 nitrogen and oxygen atoms in total. The summed E-state index contributed by atoms with van der Waals surface area (Å²) in [7, 11) is 1.53. The van der Waals surface area contributed by atoms with Crippen molar-refractivity contribution in [3.05, 3.63) is 64.7 Å². The van der Waals surface area contributed by atoms with Crippen molar-refractivity contribution >= 4 is 17.4 Å². The molecule has 1 atom stereocenters. The number of ketones is 1. The Balaban J connectivity index is 1.82. The largest absolute Gasteiger partial charge is 0.507 e. The highest BCUT2D eigenvalue weighted by molar-refractivity contribution is 6.46. The van der Waals surface area contributed by atoms with Crippen LogP contribution in [0.25, 0.3) is 5.76 Å². The van der Waals surface area contributed by atoms with Gasteiger partial charge in [-0.15, -0.1) is 0 Å². The van der Waals surface area contributed by atoms with Crippen molar-refractivity contribution in [3.8, 4) is 11.5 Å². The molecule has 1 unspecified atom stereocenters. The maximum absolute atomic E-state index is 13.0. The summed E-state index contributed by atoms with van der Waals surface area (Å²) >= 11 is 0. The zero-order valence-corrected chi connectivity index (χ0v) is 17.6. The van der Waals surface area contributed by atoms with E-state index >= 15 is 0 Å². The van der Waals surface area contributed by atoms with Crippen LogP contribution in [0.3, 0.4) is 0 Å². The highest BCUT2D eigenvalue weighted by Crippen LogP contribution is 2.42. The molecule has 7 heteroatoms. The Bertz CT molecular complexity index is 1030. The standard InChI is InChI=1S/C24H25NO6/c1-3-15-4-6-16(7-5-15)22(26)20-21(25(10-11-29-2)24(28)23(20)27)17-8-9-18-19(14-17)31-13-12-30-18/h4-9,14,21,26H,3,10-13H2,1-2H3/b22-20+. The van der Waals surface area contributed by atoms with Gasteiger partial charge in [-0.25, -0.2) is 0 Å². The third kappa shape index (κ3) is 3.88. The molecule has 1 N–H and O–H groups in total. The molecule has 0 saturated carbocycles. The average molecular weight is 423 g/mol. The molecule has 0 radical (unpaired) electrons. The molecule has 31 heavy (non-hydrogen) atoms. The van der Waals surface area contributed by atoms with E-state index in [4.69, 9.17) is 14.2 Å². The number of rotatable bonds is 6. The molecule has 0 aromatic heterocycles. The molecular weight excluding hydrogens is 398 g/mol. The van der Waals surface area contributed by atoms with E-state index in [1.54, 1.807) is 30.3 Å². The van der Waals surface area contributed by atoms with Gasteiger partial charge in [0.25, 0.3) is 11.7 Å². The summed E-state index contributed by atoms with van der Waals surface area (Å²) in [5, 5.41) is 11.1. The molecular formula is C24H25NO6. The lowest BCUT2D eigenvalue weighted by Gasteiger charge is -2.26.